The highest BCUT2D eigenvalue weighted by atomic mass is 35.5. The van der Waals surface area contributed by atoms with E-state index in [1.807, 2.05) is 60.7 Å². The molecule has 7 heteroatoms. The lowest BCUT2D eigenvalue weighted by Gasteiger charge is -2.10. The molecule has 1 heterocycles. The number of carbonyl (C=O) groups excluding carboxylic acids is 1. The topological polar surface area (TPSA) is 57.8 Å². The van der Waals surface area contributed by atoms with Crippen LogP contribution in [0.3, 0.4) is 0 Å². The minimum Gasteiger partial charge on any atom is -0.320 e. The van der Waals surface area contributed by atoms with Gasteiger partial charge in [0.2, 0.25) is 0 Å². The number of anilines is 1. The first kappa shape index (κ1) is 19.6. The molecule has 3 aromatic carbocycles. The molecule has 1 amide bonds. The third-order valence-corrected chi connectivity index (χ3v) is 5.73. The molecule has 0 spiro atoms. The molecule has 0 bridgehead atoms. The molecule has 1 aromatic heterocycles. The fourth-order valence-corrected chi connectivity index (χ4v) is 3.84. The van der Waals surface area contributed by atoms with Gasteiger partial charge >= 0.3 is 0 Å². The van der Waals surface area contributed by atoms with E-state index in [-0.39, 0.29) is 5.91 Å². The molecule has 4 nitrogen and oxygen atoms in total. The average Bonchev–Trinajstić information content (AvgIpc) is 3.22. The van der Waals surface area contributed by atoms with Crippen molar-refractivity contribution in [1.82, 2.24) is 10.2 Å². The molecular weight excluding hydrogens is 425 g/mol. The van der Waals surface area contributed by atoms with Gasteiger partial charge in [0, 0.05) is 25.4 Å². The number of halogens is 2. The van der Waals surface area contributed by atoms with Gasteiger partial charge in [-0.15, -0.1) is 0 Å². The Labute approximate surface area is 182 Å². The Morgan fingerprint density at radius 3 is 2.28 bits per heavy atom. The summed E-state index contributed by atoms with van der Waals surface area (Å²) in [6.07, 6.45) is 0. The third kappa shape index (κ3) is 4.82. The van der Waals surface area contributed by atoms with Crippen LogP contribution in [-0.2, 0) is 0 Å². The van der Waals surface area contributed by atoms with Crippen LogP contribution in [0.15, 0.2) is 88.7 Å². The van der Waals surface area contributed by atoms with Crippen molar-refractivity contribution in [3.63, 3.8) is 0 Å². The number of aromatic amines is 1. The summed E-state index contributed by atoms with van der Waals surface area (Å²) < 4.78 is 0. The minimum absolute atomic E-state index is 0.262. The van der Waals surface area contributed by atoms with Crippen LogP contribution in [0.5, 0.6) is 0 Å². The monoisotopic (exact) mass is 439 g/mol. The van der Waals surface area contributed by atoms with Gasteiger partial charge in [-0.05, 0) is 54.6 Å². The molecular formula is C22H15Cl2N3OS. The second kappa shape index (κ2) is 8.74. The molecule has 0 saturated carbocycles. The number of amides is 1. The molecule has 2 N–H and O–H groups in total. The number of hydrogen-bond donors (Lipinski definition) is 2. The molecule has 144 valence electrons. The van der Waals surface area contributed by atoms with Gasteiger partial charge in [-0.2, -0.15) is 5.10 Å². The highest BCUT2D eigenvalue weighted by Crippen LogP contribution is 2.34. The molecule has 0 radical (unpaired) electrons. The molecule has 0 saturated heterocycles. The average molecular weight is 440 g/mol. The maximum atomic E-state index is 12.7. The second-order valence-electron chi connectivity index (χ2n) is 6.18. The largest absolute Gasteiger partial charge is 0.320 e. The molecule has 0 aliphatic rings. The number of carbonyl (C=O) groups is 1. The van der Waals surface area contributed by atoms with Crippen LogP contribution in [0, 0.1) is 0 Å². The fraction of sp³-hybridized carbons (Fsp3) is 0. The zero-order valence-electron chi connectivity index (χ0n) is 15.0. The minimum atomic E-state index is -0.262. The van der Waals surface area contributed by atoms with Gasteiger partial charge < -0.3 is 5.32 Å². The number of hydrogen-bond acceptors (Lipinski definition) is 3. The van der Waals surface area contributed by atoms with Crippen LogP contribution >= 0.6 is 35.0 Å². The van der Waals surface area contributed by atoms with Crippen molar-refractivity contribution in [1.29, 1.82) is 0 Å². The Balaban J connectivity index is 1.52. The van der Waals surface area contributed by atoms with E-state index in [0.717, 1.165) is 21.0 Å². The van der Waals surface area contributed by atoms with E-state index in [2.05, 4.69) is 15.5 Å². The Morgan fingerprint density at radius 2 is 1.55 bits per heavy atom. The predicted octanol–water partition coefficient (Wildman–Crippen LogP) is 6.79. The van der Waals surface area contributed by atoms with Gasteiger partial charge in [0.1, 0.15) is 5.69 Å². The van der Waals surface area contributed by atoms with Crippen LogP contribution in [0.1, 0.15) is 10.5 Å². The quantitative estimate of drug-likeness (QED) is 0.359. The van der Waals surface area contributed by atoms with E-state index >= 15 is 0 Å². The van der Waals surface area contributed by atoms with Gasteiger partial charge in [0.05, 0.1) is 11.4 Å². The van der Waals surface area contributed by atoms with E-state index in [1.54, 1.807) is 30.0 Å². The van der Waals surface area contributed by atoms with E-state index < -0.39 is 0 Å². The standard InChI is InChI=1S/C22H15Cl2N3OS/c23-15-7-5-14(6-8-15)19-13-20(27-26-19)22(28)25-18-3-1-2-4-21(18)29-17-11-9-16(24)10-12-17/h1-13H,(H,25,28)(H,26,27). The molecule has 0 fully saturated rings. The van der Waals surface area contributed by atoms with Crippen molar-refractivity contribution in [3.05, 3.63) is 94.6 Å². The number of rotatable bonds is 5. The maximum Gasteiger partial charge on any atom is 0.273 e. The van der Waals surface area contributed by atoms with Gasteiger partial charge in [-0.1, -0.05) is 59.2 Å². The summed E-state index contributed by atoms with van der Waals surface area (Å²) in [6, 6.07) is 24.2. The normalized spacial score (nSPS) is 10.7. The zero-order valence-corrected chi connectivity index (χ0v) is 17.4. The van der Waals surface area contributed by atoms with Gasteiger partial charge in [0.25, 0.3) is 5.91 Å². The molecule has 4 aromatic rings. The highest BCUT2D eigenvalue weighted by Gasteiger charge is 2.13. The first-order chi connectivity index (χ1) is 14.1. The zero-order chi connectivity index (χ0) is 20.2. The molecule has 0 unspecified atom stereocenters. The summed E-state index contributed by atoms with van der Waals surface area (Å²) in [7, 11) is 0. The lowest BCUT2D eigenvalue weighted by Crippen LogP contribution is -2.12. The van der Waals surface area contributed by atoms with E-state index in [4.69, 9.17) is 23.2 Å². The second-order valence-corrected chi connectivity index (χ2v) is 8.17. The molecule has 0 atom stereocenters. The van der Waals surface area contributed by atoms with Crippen molar-refractivity contribution < 1.29 is 4.79 Å². The summed E-state index contributed by atoms with van der Waals surface area (Å²) >= 11 is 13.4. The Morgan fingerprint density at radius 1 is 0.897 bits per heavy atom. The van der Waals surface area contributed by atoms with Crippen molar-refractivity contribution in [2.24, 2.45) is 0 Å². The van der Waals surface area contributed by atoms with Crippen molar-refractivity contribution in [2.45, 2.75) is 9.79 Å². The lowest BCUT2D eigenvalue weighted by atomic mass is 10.1. The summed E-state index contributed by atoms with van der Waals surface area (Å²) in [5.41, 5.74) is 2.65. The summed E-state index contributed by atoms with van der Waals surface area (Å²) in [4.78, 5) is 14.7. The van der Waals surface area contributed by atoms with E-state index in [0.29, 0.717) is 21.4 Å². The van der Waals surface area contributed by atoms with Crippen LogP contribution in [0.25, 0.3) is 11.3 Å². The SMILES string of the molecule is O=C(Nc1ccccc1Sc1ccc(Cl)cc1)c1cc(-c2ccc(Cl)cc2)n[nH]1. The number of nitrogens with one attached hydrogen (secondary N) is 2. The summed E-state index contributed by atoms with van der Waals surface area (Å²) in [5, 5.41) is 11.3. The summed E-state index contributed by atoms with van der Waals surface area (Å²) in [5.74, 6) is -0.262. The number of benzene rings is 3. The van der Waals surface area contributed by atoms with Crippen LogP contribution in [-0.4, -0.2) is 16.1 Å². The number of H-pyrrole nitrogens is 1. The first-order valence-corrected chi connectivity index (χ1v) is 10.3. The van der Waals surface area contributed by atoms with Crippen molar-refractivity contribution in [3.8, 4) is 11.3 Å². The smallest absolute Gasteiger partial charge is 0.273 e. The molecule has 4 rings (SSSR count). The van der Waals surface area contributed by atoms with Crippen molar-refractivity contribution >= 4 is 46.6 Å². The first-order valence-electron chi connectivity index (χ1n) is 8.73. The lowest BCUT2D eigenvalue weighted by molar-refractivity contribution is 0.102. The van der Waals surface area contributed by atoms with Crippen LogP contribution in [0.4, 0.5) is 5.69 Å². The number of nitrogens with zero attached hydrogens (tertiary/aromatic N) is 1. The van der Waals surface area contributed by atoms with Crippen molar-refractivity contribution in [2.75, 3.05) is 5.32 Å². The van der Waals surface area contributed by atoms with E-state index in [9.17, 15) is 4.79 Å². The highest BCUT2D eigenvalue weighted by molar-refractivity contribution is 7.99. The summed E-state index contributed by atoms with van der Waals surface area (Å²) in [6.45, 7) is 0. The molecule has 29 heavy (non-hydrogen) atoms. The molecule has 0 aliphatic carbocycles. The predicted molar refractivity (Wildman–Crippen MR) is 119 cm³/mol. The Bertz CT molecular complexity index is 1140. The van der Waals surface area contributed by atoms with Crippen LogP contribution in [0.2, 0.25) is 10.0 Å². The molecule has 0 aliphatic heterocycles. The Kier molecular flexibility index (Phi) is 5.90. The Hall–Kier alpha value is -2.73. The van der Waals surface area contributed by atoms with Crippen LogP contribution < -0.4 is 5.32 Å². The van der Waals surface area contributed by atoms with Gasteiger partial charge in [-0.3, -0.25) is 9.89 Å². The third-order valence-electron chi connectivity index (χ3n) is 4.14. The van der Waals surface area contributed by atoms with Gasteiger partial charge in [0.15, 0.2) is 0 Å². The van der Waals surface area contributed by atoms with Gasteiger partial charge in [-0.25, -0.2) is 0 Å². The maximum absolute atomic E-state index is 12.7. The number of para-hydroxylation sites is 1. The van der Waals surface area contributed by atoms with E-state index in [1.165, 1.54) is 0 Å². The number of aromatic nitrogens is 2. The fourth-order valence-electron chi connectivity index (χ4n) is 2.68.